The molecule has 8 nitrogen and oxygen atoms in total. The van der Waals surface area contributed by atoms with Gasteiger partial charge in [0.25, 0.3) is 0 Å². The number of aromatic nitrogens is 4. The maximum Gasteiger partial charge on any atom is 0.224 e. The van der Waals surface area contributed by atoms with Gasteiger partial charge < -0.3 is 19.2 Å². The second-order valence-corrected chi connectivity index (χ2v) is 6.83. The van der Waals surface area contributed by atoms with Crippen LogP contribution < -0.4 is 14.8 Å². The summed E-state index contributed by atoms with van der Waals surface area (Å²) in [5, 5.41) is 7.21. The van der Waals surface area contributed by atoms with Crippen LogP contribution in [0.4, 0.5) is 5.69 Å². The molecule has 0 atom stereocenters. The van der Waals surface area contributed by atoms with Gasteiger partial charge in [0.1, 0.15) is 5.65 Å². The summed E-state index contributed by atoms with van der Waals surface area (Å²) < 4.78 is 14.4. The van der Waals surface area contributed by atoms with Gasteiger partial charge in [0.2, 0.25) is 5.91 Å². The van der Waals surface area contributed by atoms with Crippen LogP contribution in [-0.4, -0.2) is 39.3 Å². The Morgan fingerprint density at radius 1 is 1.10 bits per heavy atom. The quantitative estimate of drug-likeness (QED) is 0.487. The molecule has 4 rings (SSSR count). The second kappa shape index (κ2) is 8.69. The van der Waals surface area contributed by atoms with E-state index in [1.54, 1.807) is 31.3 Å². The highest BCUT2D eigenvalue weighted by molar-refractivity contribution is 5.90. The molecular weight excluding hydrogens is 382 g/mol. The standard InChI is InChI=1S/C22H23N5O3/c1-29-19-7-5-6-16(22(19)30-2)9-10-21(28)25-17-12-23-27(14-17)15-18-13-26-11-4-3-8-20(26)24-18/h3-8,11-14H,9-10,15H2,1-2H3,(H,25,28). The Labute approximate surface area is 174 Å². The third kappa shape index (κ3) is 4.27. The molecule has 1 aromatic carbocycles. The predicted octanol–water partition coefficient (Wildman–Crippen LogP) is 3.17. The van der Waals surface area contributed by atoms with Gasteiger partial charge in [-0.2, -0.15) is 5.10 Å². The van der Waals surface area contributed by atoms with Gasteiger partial charge in [0.15, 0.2) is 11.5 Å². The van der Waals surface area contributed by atoms with Crippen LogP contribution in [0.25, 0.3) is 5.65 Å². The number of nitrogens with zero attached hydrogens (tertiary/aromatic N) is 4. The Morgan fingerprint density at radius 2 is 2.00 bits per heavy atom. The van der Waals surface area contributed by atoms with E-state index in [4.69, 9.17) is 9.47 Å². The molecule has 3 heterocycles. The number of rotatable bonds is 8. The van der Waals surface area contributed by atoms with Crippen LogP contribution in [0.1, 0.15) is 17.7 Å². The van der Waals surface area contributed by atoms with Crippen molar-refractivity contribution < 1.29 is 14.3 Å². The van der Waals surface area contributed by atoms with Crippen molar-refractivity contribution >= 4 is 17.2 Å². The zero-order valence-electron chi connectivity index (χ0n) is 16.9. The smallest absolute Gasteiger partial charge is 0.224 e. The second-order valence-electron chi connectivity index (χ2n) is 6.83. The number of fused-ring (bicyclic) bond motifs is 1. The lowest BCUT2D eigenvalue weighted by molar-refractivity contribution is -0.116. The summed E-state index contributed by atoms with van der Waals surface area (Å²) in [6, 6.07) is 11.5. The van der Waals surface area contributed by atoms with Crippen molar-refractivity contribution in [1.29, 1.82) is 0 Å². The summed E-state index contributed by atoms with van der Waals surface area (Å²) >= 11 is 0. The van der Waals surface area contributed by atoms with Crippen molar-refractivity contribution in [3.8, 4) is 11.5 Å². The summed E-state index contributed by atoms with van der Waals surface area (Å²) in [7, 11) is 3.19. The Bertz CT molecular complexity index is 1130. The van der Waals surface area contributed by atoms with E-state index in [9.17, 15) is 4.79 Å². The number of pyridine rings is 1. The highest BCUT2D eigenvalue weighted by Gasteiger charge is 2.12. The van der Waals surface area contributed by atoms with Crippen molar-refractivity contribution in [2.75, 3.05) is 19.5 Å². The lowest BCUT2D eigenvalue weighted by Gasteiger charge is -2.12. The molecule has 0 aliphatic heterocycles. The zero-order valence-corrected chi connectivity index (χ0v) is 16.9. The van der Waals surface area contributed by atoms with E-state index < -0.39 is 0 Å². The van der Waals surface area contributed by atoms with Crippen molar-refractivity contribution in [3.63, 3.8) is 0 Å². The van der Waals surface area contributed by atoms with Crippen molar-refractivity contribution in [1.82, 2.24) is 19.2 Å². The summed E-state index contributed by atoms with van der Waals surface area (Å²) in [6.07, 6.45) is 8.23. The first-order valence-electron chi connectivity index (χ1n) is 9.61. The highest BCUT2D eigenvalue weighted by atomic mass is 16.5. The Kier molecular flexibility index (Phi) is 5.65. The van der Waals surface area contributed by atoms with Crippen LogP contribution in [-0.2, 0) is 17.8 Å². The first-order valence-corrected chi connectivity index (χ1v) is 9.61. The average molecular weight is 405 g/mol. The molecule has 0 aliphatic carbocycles. The molecule has 30 heavy (non-hydrogen) atoms. The number of aryl methyl sites for hydroxylation is 1. The number of hydrogen-bond donors (Lipinski definition) is 1. The number of benzene rings is 1. The molecule has 1 N–H and O–H groups in total. The Hall–Kier alpha value is -3.81. The number of hydrogen-bond acceptors (Lipinski definition) is 5. The number of para-hydroxylation sites is 1. The van der Waals surface area contributed by atoms with Gasteiger partial charge in [-0.15, -0.1) is 0 Å². The van der Waals surface area contributed by atoms with E-state index in [1.165, 1.54) is 0 Å². The van der Waals surface area contributed by atoms with Gasteiger partial charge >= 0.3 is 0 Å². The minimum absolute atomic E-state index is 0.0906. The third-order valence-electron chi connectivity index (χ3n) is 4.76. The van der Waals surface area contributed by atoms with E-state index >= 15 is 0 Å². The molecule has 0 fully saturated rings. The van der Waals surface area contributed by atoms with Crippen molar-refractivity contribution in [2.24, 2.45) is 0 Å². The molecule has 0 radical (unpaired) electrons. The van der Waals surface area contributed by atoms with E-state index in [1.807, 2.05) is 53.2 Å². The first-order chi connectivity index (χ1) is 14.7. The van der Waals surface area contributed by atoms with Crippen LogP contribution in [0.3, 0.4) is 0 Å². The Balaban J connectivity index is 1.35. The predicted molar refractivity (Wildman–Crippen MR) is 113 cm³/mol. The first kappa shape index (κ1) is 19.5. The minimum atomic E-state index is -0.0906. The van der Waals surface area contributed by atoms with Crippen LogP contribution >= 0.6 is 0 Å². The fourth-order valence-electron chi connectivity index (χ4n) is 3.37. The van der Waals surface area contributed by atoms with E-state index in [0.717, 1.165) is 16.9 Å². The number of carbonyl (C=O) groups is 1. The Morgan fingerprint density at radius 3 is 2.80 bits per heavy atom. The van der Waals surface area contributed by atoms with Crippen molar-refractivity contribution in [3.05, 3.63) is 72.4 Å². The van der Waals surface area contributed by atoms with Gasteiger partial charge in [-0.05, 0) is 30.2 Å². The summed E-state index contributed by atoms with van der Waals surface area (Å²) in [5.74, 6) is 1.23. The van der Waals surface area contributed by atoms with Gasteiger partial charge in [0.05, 0.1) is 38.3 Å². The molecule has 0 spiro atoms. The maximum atomic E-state index is 12.4. The van der Waals surface area contributed by atoms with E-state index in [2.05, 4.69) is 15.4 Å². The van der Waals surface area contributed by atoms with Crippen LogP contribution in [0, 0.1) is 0 Å². The minimum Gasteiger partial charge on any atom is -0.493 e. The van der Waals surface area contributed by atoms with Crippen LogP contribution in [0.5, 0.6) is 11.5 Å². The lowest BCUT2D eigenvalue weighted by atomic mass is 10.1. The molecule has 0 saturated heterocycles. The number of ether oxygens (including phenoxy) is 2. The zero-order chi connectivity index (χ0) is 20.9. The highest BCUT2D eigenvalue weighted by Crippen LogP contribution is 2.31. The topological polar surface area (TPSA) is 82.7 Å². The monoisotopic (exact) mass is 405 g/mol. The average Bonchev–Trinajstić information content (AvgIpc) is 3.37. The fraction of sp³-hybridized carbons (Fsp3) is 0.227. The number of imidazole rings is 1. The maximum absolute atomic E-state index is 12.4. The molecule has 0 aliphatic rings. The number of amides is 1. The molecule has 0 bridgehead atoms. The summed E-state index contributed by atoms with van der Waals surface area (Å²) in [6.45, 7) is 0.526. The molecular formula is C22H23N5O3. The molecule has 0 saturated carbocycles. The fourth-order valence-corrected chi connectivity index (χ4v) is 3.37. The molecule has 0 unspecified atom stereocenters. The van der Waals surface area contributed by atoms with E-state index in [-0.39, 0.29) is 5.91 Å². The lowest BCUT2D eigenvalue weighted by Crippen LogP contribution is -2.12. The van der Waals surface area contributed by atoms with Gasteiger partial charge in [-0.3, -0.25) is 9.48 Å². The van der Waals surface area contributed by atoms with E-state index in [0.29, 0.717) is 36.6 Å². The molecule has 3 aromatic heterocycles. The molecule has 154 valence electrons. The van der Waals surface area contributed by atoms with Crippen LogP contribution in [0.15, 0.2) is 61.2 Å². The van der Waals surface area contributed by atoms with Crippen LogP contribution in [0.2, 0.25) is 0 Å². The summed E-state index contributed by atoms with van der Waals surface area (Å²) in [4.78, 5) is 17.0. The number of methoxy groups -OCH3 is 2. The largest absolute Gasteiger partial charge is 0.493 e. The van der Waals surface area contributed by atoms with Crippen molar-refractivity contribution in [2.45, 2.75) is 19.4 Å². The normalized spacial score (nSPS) is 10.9. The molecule has 1 amide bonds. The summed E-state index contributed by atoms with van der Waals surface area (Å²) in [5.41, 5.74) is 3.37. The molecule has 4 aromatic rings. The molecule has 8 heteroatoms. The number of carbonyl (C=O) groups excluding carboxylic acids is 1. The van der Waals surface area contributed by atoms with Gasteiger partial charge in [-0.1, -0.05) is 18.2 Å². The van der Waals surface area contributed by atoms with Gasteiger partial charge in [0, 0.05) is 25.0 Å². The van der Waals surface area contributed by atoms with Gasteiger partial charge in [-0.25, -0.2) is 4.98 Å². The number of nitrogens with one attached hydrogen (secondary N) is 1. The SMILES string of the molecule is COc1cccc(CCC(=O)Nc2cnn(Cc3cn4ccccc4n3)c2)c1OC. The number of anilines is 1. The third-order valence-corrected chi connectivity index (χ3v) is 4.76.